The largest absolute Gasteiger partial charge is 0.469 e. The number of rotatable bonds is 5. The zero-order valence-corrected chi connectivity index (χ0v) is 10.2. The fraction of sp³-hybridized carbons (Fsp3) is 0.231. The summed E-state index contributed by atoms with van der Waals surface area (Å²) < 4.78 is 4.45. The molecule has 1 aromatic rings. The Bertz CT molecular complexity index is 416. The van der Waals surface area contributed by atoms with Crippen molar-refractivity contribution < 1.29 is 14.3 Å². The first kappa shape index (κ1) is 13.8. The molecule has 96 valence electrons. The van der Waals surface area contributed by atoms with Gasteiger partial charge in [-0.25, -0.2) is 4.79 Å². The van der Waals surface area contributed by atoms with Gasteiger partial charge in [0.15, 0.2) is 0 Å². The lowest BCUT2D eigenvalue weighted by Crippen LogP contribution is -2.33. The number of carbonyl (C=O) groups excluding carboxylic acids is 2. The normalized spacial score (nSPS) is 10.1. The number of hydrogen-bond donors (Lipinski definition) is 2. The summed E-state index contributed by atoms with van der Waals surface area (Å²) >= 11 is 0. The van der Waals surface area contributed by atoms with Crippen LogP contribution in [0.3, 0.4) is 0 Å². The molecule has 2 N–H and O–H groups in total. The molecule has 0 heterocycles. The van der Waals surface area contributed by atoms with E-state index in [9.17, 15) is 9.59 Å². The fourth-order valence-corrected chi connectivity index (χ4v) is 1.21. The Labute approximate surface area is 106 Å². The van der Waals surface area contributed by atoms with E-state index < -0.39 is 0 Å². The number of esters is 1. The average Bonchev–Trinajstić information content (AvgIpc) is 2.39. The summed E-state index contributed by atoms with van der Waals surface area (Å²) in [6.45, 7) is 0.248. The molecule has 0 unspecified atom stereocenters. The molecule has 0 saturated carbocycles. The molecule has 1 rings (SSSR count). The lowest BCUT2D eigenvalue weighted by atomic mass is 10.2. The van der Waals surface area contributed by atoms with Crippen LogP contribution in [0, 0.1) is 0 Å². The van der Waals surface area contributed by atoms with Gasteiger partial charge in [-0.3, -0.25) is 4.79 Å². The molecule has 0 aliphatic carbocycles. The highest BCUT2D eigenvalue weighted by atomic mass is 16.5. The first-order chi connectivity index (χ1) is 8.72. The molecule has 18 heavy (non-hydrogen) atoms. The minimum atomic E-state index is -0.355. The van der Waals surface area contributed by atoms with Crippen LogP contribution in [0.2, 0.25) is 0 Å². The lowest BCUT2D eigenvalue weighted by Gasteiger charge is -2.03. The zero-order valence-electron chi connectivity index (χ0n) is 10.2. The second kappa shape index (κ2) is 7.89. The molecular formula is C13H16N2O3. The number of urea groups is 1. The first-order valence-corrected chi connectivity index (χ1v) is 5.55. The maximum Gasteiger partial charge on any atom is 0.318 e. The Morgan fingerprint density at radius 1 is 1.28 bits per heavy atom. The Morgan fingerprint density at radius 2 is 2.00 bits per heavy atom. The van der Waals surface area contributed by atoms with Crippen LogP contribution in [0.5, 0.6) is 0 Å². The summed E-state index contributed by atoms with van der Waals surface area (Å²) in [7, 11) is 1.31. The van der Waals surface area contributed by atoms with E-state index in [0.717, 1.165) is 5.56 Å². The quantitative estimate of drug-likeness (QED) is 0.776. The second-order valence-electron chi connectivity index (χ2n) is 3.47. The standard InChI is InChI=1S/C13H16N2O3/c1-18-12(16)8-10-15-13(17)14-9-7-11-5-3-2-4-6-11/h2-7,9H,8,10H2,1H3,(H2,14,15,17)/b9-7+. The van der Waals surface area contributed by atoms with Crippen molar-refractivity contribution in [3.63, 3.8) is 0 Å². The van der Waals surface area contributed by atoms with Gasteiger partial charge in [0.2, 0.25) is 0 Å². The number of hydrogen-bond acceptors (Lipinski definition) is 3. The average molecular weight is 248 g/mol. The van der Waals surface area contributed by atoms with Crippen LogP contribution < -0.4 is 10.6 Å². The van der Waals surface area contributed by atoms with Gasteiger partial charge in [0.05, 0.1) is 13.5 Å². The van der Waals surface area contributed by atoms with E-state index in [1.165, 1.54) is 7.11 Å². The molecule has 1 aromatic carbocycles. The summed E-state index contributed by atoms with van der Waals surface area (Å²) in [6.07, 6.45) is 3.48. The predicted molar refractivity (Wildman–Crippen MR) is 68.6 cm³/mol. The van der Waals surface area contributed by atoms with Crippen molar-refractivity contribution in [2.75, 3.05) is 13.7 Å². The van der Waals surface area contributed by atoms with E-state index in [-0.39, 0.29) is 25.0 Å². The Morgan fingerprint density at radius 3 is 2.67 bits per heavy atom. The third-order valence-corrected chi connectivity index (χ3v) is 2.13. The highest BCUT2D eigenvalue weighted by Crippen LogP contribution is 1.99. The molecule has 0 bridgehead atoms. The second-order valence-corrected chi connectivity index (χ2v) is 3.47. The van der Waals surface area contributed by atoms with Crippen molar-refractivity contribution in [3.05, 3.63) is 42.1 Å². The molecular weight excluding hydrogens is 232 g/mol. The number of carbonyl (C=O) groups is 2. The van der Waals surface area contributed by atoms with Gasteiger partial charge in [0, 0.05) is 12.7 Å². The minimum absolute atomic E-state index is 0.159. The van der Waals surface area contributed by atoms with Crippen LogP contribution in [0.4, 0.5) is 4.79 Å². The maximum atomic E-state index is 11.3. The molecule has 0 spiro atoms. The number of nitrogens with one attached hydrogen (secondary N) is 2. The zero-order chi connectivity index (χ0) is 13.2. The number of amides is 2. The molecule has 5 nitrogen and oxygen atoms in total. The number of ether oxygens (including phenoxy) is 1. The van der Waals surface area contributed by atoms with E-state index in [2.05, 4.69) is 15.4 Å². The Kier molecular flexibility index (Phi) is 6.03. The van der Waals surface area contributed by atoms with Gasteiger partial charge in [0.25, 0.3) is 0 Å². The monoisotopic (exact) mass is 248 g/mol. The van der Waals surface area contributed by atoms with Crippen LogP contribution in [0.15, 0.2) is 36.5 Å². The van der Waals surface area contributed by atoms with Gasteiger partial charge in [-0.1, -0.05) is 30.3 Å². The minimum Gasteiger partial charge on any atom is -0.469 e. The van der Waals surface area contributed by atoms with Crippen LogP contribution in [0.25, 0.3) is 6.08 Å². The van der Waals surface area contributed by atoms with Crippen molar-refractivity contribution in [3.8, 4) is 0 Å². The van der Waals surface area contributed by atoms with E-state index in [0.29, 0.717) is 0 Å². The van der Waals surface area contributed by atoms with E-state index >= 15 is 0 Å². The third kappa shape index (κ3) is 5.69. The van der Waals surface area contributed by atoms with Gasteiger partial charge in [-0.2, -0.15) is 0 Å². The van der Waals surface area contributed by atoms with Crippen molar-refractivity contribution in [2.24, 2.45) is 0 Å². The van der Waals surface area contributed by atoms with Gasteiger partial charge < -0.3 is 15.4 Å². The molecule has 0 fully saturated rings. The molecule has 2 amide bonds. The smallest absolute Gasteiger partial charge is 0.318 e. The molecule has 0 aliphatic heterocycles. The SMILES string of the molecule is COC(=O)CCNC(=O)N/C=C/c1ccccc1. The topological polar surface area (TPSA) is 67.4 Å². The Hall–Kier alpha value is -2.30. The summed E-state index contributed by atoms with van der Waals surface area (Å²) in [6, 6.07) is 9.24. The predicted octanol–water partition coefficient (Wildman–Crippen LogP) is 1.52. The van der Waals surface area contributed by atoms with Crippen molar-refractivity contribution >= 4 is 18.1 Å². The fourth-order valence-electron chi connectivity index (χ4n) is 1.21. The van der Waals surface area contributed by atoms with Crippen molar-refractivity contribution in [1.82, 2.24) is 10.6 Å². The van der Waals surface area contributed by atoms with Gasteiger partial charge in [0.1, 0.15) is 0 Å². The molecule has 0 saturated heterocycles. The van der Waals surface area contributed by atoms with Crippen molar-refractivity contribution in [1.29, 1.82) is 0 Å². The molecule has 0 atom stereocenters. The highest BCUT2D eigenvalue weighted by Gasteiger charge is 2.01. The van der Waals surface area contributed by atoms with Crippen LogP contribution in [0.1, 0.15) is 12.0 Å². The lowest BCUT2D eigenvalue weighted by molar-refractivity contribution is -0.140. The molecule has 0 aromatic heterocycles. The Balaban J connectivity index is 2.21. The van der Waals surface area contributed by atoms with Crippen LogP contribution in [-0.4, -0.2) is 25.7 Å². The van der Waals surface area contributed by atoms with Crippen LogP contribution in [-0.2, 0) is 9.53 Å². The van der Waals surface area contributed by atoms with Gasteiger partial charge in [-0.15, -0.1) is 0 Å². The van der Waals surface area contributed by atoms with Crippen molar-refractivity contribution in [2.45, 2.75) is 6.42 Å². The van der Waals surface area contributed by atoms with Gasteiger partial charge >= 0.3 is 12.0 Å². The summed E-state index contributed by atoms with van der Waals surface area (Å²) in [4.78, 5) is 22.1. The number of benzene rings is 1. The summed E-state index contributed by atoms with van der Waals surface area (Å²) in [5, 5.41) is 5.07. The number of methoxy groups -OCH3 is 1. The first-order valence-electron chi connectivity index (χ1n) is 5.55. The summed E-state index contributed by atoms with van der Waals surface area (Å²) in [5.41, 5.74) is 0.993. The van der Waals surface area contributed by atoms with E-state index in [1.807, 2.05) is 30.3 Å². The maximum absolute atomic E-state index is 11.3. The molecule has 0 aliphatic rings. The van der Waals surface area contributed by atoms with Gasteiger partial charge in [-0.05, 0) is 11.6 Å². The summed E-state index contributed by atoms with van der Waals surface area (Å²) in [5.74, 6) is -0.352. The van der Waals surface area contributed by atoms with E-state index in [1.54, 1.807) is 12.3 Å². The molecule has 5 heteroatoms. The molecule has 0 radical (unpaired) electrons. The third-order valence-electron chi connectivity index (χ3n) is 2.13. The van der Waals surface area contributed by atoms with Crippen LogP contribution >= 0.6 is 0 Å². The van der Waals surface area contributed by atoms with E-state index in [4.69, 9.17) is 0 Å². The highest BCUT2D eigenvalue weighted by molar-refractivity contribution is 5.77.